The largest absolute Gasteiger partial charge is 0.343 e. The van der Waals surface area contributed by atoms with Crippen molar-refractivity contribution >= 4 is 30.7 Å². The monoisotopic (exact) mass is 443 g/mol. The minimum absolute atomic E-state index is 0. The Labute approximate surface area is 189 Å². The number of benzene rings is 1. The smallest absolute Gasteiger partial charge is 0.223 e. The molecule has 1 saturated heterocycles. The number of carbonyl (C=O) groups is 1. The first kappa shape index (κ1) is 26.2. The van der Waals surface area contributed by atoms with Crippen LogP contribution in [0.2, 0.25) is 0 Å². The molecule has 1 atom stereocenters. The van der Waals surface area contributed by atoms with Crippen LogP contribution in [0.15, 0.2) is 30.3 Å². The Hall–Kier alpha value is -0.810. The SMILES string of the molecule is CCN(CC1CCN(Cc2ccccc2)C1)C(=O)CC1(CN)CCCCC1.Cl.Cl. The van der Waals surface area contributed by atoms with Crippen LogP contribution in [0.5, 0.6) is 0 Å². The van der Waals surface area contributed by atoms with Gasteiger partial charge in [-0.3, -0.25) is 9.69 Å². The molecule has 0 radical (unpaired) electrons. The average Bonchev–Trinajstić information content (AvgIpc) is 3.14. The van der Waals surface area contributed by atoms with E-state index in [-0.39, 0.29) is 30.2 Å². The van der Waals surface area contributed by atoms with Crippen LogP contribution in [0.4, 0.5) is 0 Å². The molecule has 0 spiro atoms. The summed E-state index contributed by atoms with van der Waals surface area (Å²) < 4.78 is 0. The lowest BCUT2D eigenvalue weighted by atomic mass is 9.71. The molecule has 2 aliphatic rings. The zero-order valence-corrected chi connectivity index (χ0v) is 19.5. The highest BCUT2D eigenvalue weighted by molar-refractivity contribution is 5.85. The Kier molecular flexibility index (Phi) is 11.6. The van der Waals surface area contributed by atoms with E-state index in [9.17, 15) is 4.79 Å². The standard InChI is InChI=1S/C23H37N3O.2ClH/c1-2-26(22(27)15-23(19-24)12-7-4-8-13-23)18-21-11-14-25(17-21)16-20-9-5-3-6-10-20;;/h3,5-6,9-10,21H,2,4,7-8,11-19,24H2,1H3;2*1H. The van der Waals surface area contributed by atoms with Gasteiger partial charge in [0.2, 0.25) is 5.91 Å². The Morgan fingerprint density at radius 3 is 2.48 bits per heavy atom. The molecule has 2 N–H and O–H groups in total. The van der Waals surface area contributed by atoms with Crippen LogP contribution in [0.3, 0.4) is 0 Å². The van der Waals surface area contributed by atoms with Gasteiger partial charge in [-0.25, -0.2) is 0 Å². The Bertz CT molecular complexity index is 593. The van der Waals surface area contributed by atoms with Crippen molar-refractivity contribution in [1.29, 1.82) is 0 Å². The second-order valence-corrected chi connectivity index (χ2v) is 8.75. The van der Waals surface area contributed by atoms with E-state index in [4.69, 9.17) is 5.73 Å². The highest BCUT2D eigenvalue weighted by atomic mass is 35.5. The lowest BCUT2D eigenvalue weighted by Crippen LogP contribution is -2.42. The molecule has 6 heteroatoms. The minimum Gasteiger partial charge on any atom is -0.343 e. The first-order valence-electron chi connectivity index (χ1n) is 10.9. The number of hydrogen-bond donors (Lipinski definition) is 1. The molecule has 1 aliphatic carbocycles. The van der Waals surface area contributed by atoms with E-state index in [2.05, 4.69) is 47.1 Å². The van der Waals surface area contributed by atoms with Crippen molar-refractivity contribution in [3.05, 3.63) is 35.9 Å². The number of halogens is 2. The molecule has 0 bridgehead atoms. The highest BCUT2D eigenvalue weighted by Crippen LogP contribution is 2.39. The van der Waals surface area contributed by atoms with E-state index >= 15 is 0 Å². The molecular formula is C23H39Cl2N3O. The molecule has 3 rings (SSSR count). The molecule has 1 saturated carbocycles. The lowest BCUT2D eigenvalue weighted by molar-refractivity contribution is -0.134. The third-order valence-corrected chi connectivity index (χ3v) is 6.71. The zero-order valence-electron chi connectivity index (χ0n) is 17.9. The summed E-state index contributed by atoms with van der Waals surface area (Å²) in [4.78, 5) is 17.7. The van der Waals surface area contributed by atoms with Crippen molar-refractivity contribution in [3.8, 4) is 0 Å². The van der Waals surface area contributed by atoms with Crippen molar-refractivity contribution in [1.82, 2.24) is 9.80 Å². The van der Waals surface area contributed by atoms with Gasteiger partial charge in [0.25, 0.3) is 0 Å². The summed E-state index contributed by atoms with van der Waals surface area (Å²) in [6, 6.07) is 10.7. The lowest BCUT2D eigenvalue weighted by Gasteiger charge is -2.37. The molecule has 1 amide bonds. The third-order valence-electron chi connectivity index (χ3n) is 6.71. The molecule has 4 nitrogen and oxygen atoms in total. The number of hydrogen-bond acceptors (Lipinski definition) is 3. The van der Waals surface area contributed by atoms with Gasteiger partial charge in [0.15, 0.2) is 0 Å². The van der Waals surface area contributed by atoms with Crippen LogP contribution < -0.4 is 5.73 Å². The summed E-state index contributed by atoms with van der Waals surface area (Å²) >= 11 is 0. The molecule has 2 fully saturated rings. The fourth-order valence-corrected chi connectivity index (χ4v) is 4.95. The Morgan fingerprint density at radius 2 is 1.86 bits per heavy atom. The van der Waals surface area contributed by atoms with Gasteiger partial charge in [-0.05, 0) is 56.2 Å². The van der Waals surface area contributed by atoms with E-state index in [0.717, 1.165) is 45.6 Å². The van der Waals surface area contributed by atoms with E-state index < -0.39 is 0 Å². The van der Waals surface area contributed by atoms with Crippen molar-refractivity contribution < 1.29 is 4.79 Å². The van der Waals surface area contributed by atoms with Crippen molar-refractivity contribution in [2.45, 2.75) is 58.4 Å². The van der Waals surface area contributed by atoms with Gasteiger partial charge < -0.3 is 10.6 Å². The van der Waals surface area contributed by atoms with Crippen molar-refractivity contribution in [2.24, 2.45) is 17.1 Å². The molecular weight excluding hydrogens is 405 g/mol. The second kappa shape index (κ2) is 12.8. The zero-order chi connectivity index (χ0) is 19.1. The molecule has 1 aliphatic heterocycles. The maximum absolute atomic E-state index is 13.0. The molecule has 1 unspecified atom stereocenters. The number of nitrogens with zero attached hydrogens (tertiary/aromatic N) is 2. The minimum atomic E-state index is 0. The van der Waals surface area contributed by atoms with E-state index in [1.54, 1.807) is 0 Å². The maximum atomic E-state index is 13.0. The van der Waals surface area contributed by atoms with Gasteiger partial charge in [0, 0.05) is 32.6 Å². The van der Waals surface area contributed by atoms with Crippen LogP contribution in [0, 0.1) is 11.3 Å². The predicted molar refractivity (Wildman–Crippen MR) is 126 cm³/mol. The number of nitrogens with two attached hydrogens (primary N) is 1. The number of amides is 1. The van der Waals surface area contributed by atoms with Crippen LogP contribution in [-0.2, 0) is 11.3 Å². The Morgan fingerprint density at radius 1 is 1.17 bits per heavy atom. The number of rotatable bonds is 8. The summed E-state index contributed by atoms with van der Waals surface area (Å²) in [6.07, 6.45) is 7.85. The summed E-state index contributed by atoms with van der Waals surface area (Å²) in [6.45, 7) is 7.75. The topological polar surface area (TPSA) is 49.6 Å². The van der Waals surface area contributed by atoms with Crippen molar-refractivity contribution in [2.75, 3.05) is 32.7 Å². The van der Waals surface area contributed by atoms with Crippen molar-refractivity contribution in [3.63, 3.8) is 0 Å². The third kappa shape index (κ3) is 7.43. The van der Waals surface area contributed by atoms with Gasteiger partial charge in [-0.2, -0.15) is 0 Å². The fourth-order valence-electron chi connectivity index (χ4n) is 4.95. The molecule has 1 aromatic carbocycles. The van der Waals surface area contributed by atoms with E-state index in [1.807, 2.05) is 0 Å². The maximum Gasteiger partial charge on any atom is 0.223 e. The summed E-state index contributed by atoms with van der Waals surface area (Å²) in [5.74, 6) is 0.921. The first-order chi connectivity index (χ1) is 13.1. The van der Waals surface area contributed by atoms with Gasteiger partial charge in [-0.1, -0.05) is 49.6 Å². The normalized spacial score (nSPS) is 21.1. The van der Waals surface area contributed by atoms with Crippen LogP contribution in [0.1, 0.15) is 57.4 Å². The highest BCUT2D eigenvalue weighted by Gasteiger charge is 2.35. The van der Waals surface area contributed by atoms with Crippen LogP contribution in [0.25, 0.3) is 0 Å². The van der Waals surface area contributed by atoms with Gasteiger partial charge >= 0.3 is 0 Å². The molecule has 166 valence electrons. The quantitative estimate of drug-likeness (QED) is 0.642. The summed E-state index contributed by atoms with van der Waals surface area (Å²) in [5, 5.41) is 0. The van der Waals surface area contributed by atoms with Gasteiger partial charge in [0.05, 0.1) is 0 Å². The molecule has 29 heavy (non-hydrogen) atoms. The van der Waals surface area contributed by atoms with Crippen LogP contribution >= 0.6 is 24.8 Å². The van der Waals surface area contributed by atoms with E-state index in [1.165, 1.54) is 31.2 Å². The van der Waals surface area contributed by atoms with E-state index in [0.29, 0.717) is 24.8 Å². The first-order valence-corrected chi connectivity index (χ1v) is 10.9. The predicted octanol–water partition coefficient (Wildman–Crippen LogP) is 4.50. The Balaban J connectivity index is 0.00000210. The summed E-state index contributed by atoms with van der Waals surface area (Å²) in [5.41, 5.74) is 7.55. The summed E-state index contributed by atoms with van der Waals surface area (Å²) in [7, 11) is 0. The van der Waals surface area contributed by atoms with Gasteiger partial charge in [-0.15, -0.1) is 24.8 Å². The van der Waals surface area contributed by atoms with Gasteiger partial charge in [0.1, 0.15) is 0 Å². The average molecular weight is 444 g/mol. The number of likely N-dealkylation sites (tertiary alicyclic amines) is 1. The second-order valence-electron chi connectivity index (χ2n) is 8.75. The fraction of sp³-hybridized carbons (Fsp3) is 0.696. The molecule has 0 aromatic heterocycles. The molecule has 1 aromatic rings. The van der Waals surface area contributed by atoms with Crippen LogP contribution in [-0.4, -0.2) is 48.4 Å². The number of carbonyl (C=O) groups excluding carboxylic acids is 1. The molecule has 1 heterocycles.